The van der Waals surface area contributed by atoms with Crippen LogP contribution in [0.4, 0.5) is 4.39 Å². The van der Waals surface area contributed by atoms with Gasteiger partial charge in [0.1, 0.15) is 18.0 Å². The molecule has 0 radical (unpaired) electrons. The number of benzene rings is 1. The average Bonchev–Trinajstić information content (AvgIpc) is 2.78. The molecule has 1 unspecified atom stereocenters. The van der Waals surface area contributed by atoms with Crippen molar-refractivity contribution in [1.29, 1.82) is 0 Å². The summed E-state index contributed by atoms with van der Waals surface area (Å²) in [5.41, 5.74) is 0.732. The summed E-state index contributed by atoms with van der Waals surface area (Å²) in [5.74, 6) is 0.755. The van der Waals surface area contributed by atoms with E-state index in [2.05, 4.69) is 15.4 Å². The maximum atomic E-state index is 13.7. The van der Waals surface area contributed by atoms with E-state index in [1.165, 1.54) is 6.07 Å². The Hall–Kier alpha value is -1.75. The lowest BCUT2D eigenvalue weighted by molar-refractivity contribution is 0.487. The smallest absolute Gasteiger partial charge is 0.138 e. The zero-order valence-corrected chi connectivity index (χ0v) is 11.3. The van der Waals surface area contributed by atoms with Crippen molar-refractivity contribution >= 4 is 0 Å². The number of hydrogen-bond donors (Lipinski definition) is 1. The number of hydrogen-bond acceptors (Lipinski definition) is 3. The lowest BCUT2D eigenvalue weighted by Crippen LogP contribution is -2.34. The molecule has 0 saturated heterocycles. The Balaban J connectivity index is 2.08. The average molecular weight is 262 g/mol. The summed E-state index contributed by atoms with van der Waals surface area (Å²) in [6.07, 6.45) is 2.92. The molecule has 0 aliphatic carbocycles. The number of nitrogens with zero attached hydrogens (tertiary/aromatic N) is 3. The summed E-state index contributed by atoms with van der Waals surface area (Å²) in [7, 11) is 1.87. The molecule has 0 bridgehead atoms. The molecule has 4 nitrogen and oxygen atoms in total. The quantitative estimate of drug-likeness (QED) is 0.862. The van der Waals surface area contributed by atoms with E-state index in [9.17, 15) is 4.39 Å². The number of nitrogens with one attached hydrogen (secondary N) is 1. The van der Waals surface area contributed by atoms with Gasteiger partial charge in [-0.25, -0.2) is 9.37 Å². The standard InChI is InChI=1S/C14H19FN4/c1-3-16-12(9-14-17-10-18-19(14)2)8-11-6-4-5-7-13(11)15/h4-7,10,12,16H,3,8-9H2,1-2H3. The third-order valence-electron chi connectivity index (χ3n) is 3.15. The maximum absolute atomic E-state index is 13.7. The van der Waals surface area contributed by atoms with Gasteiger partial charge in [0.05, 0.1) is 0 Å². The number of aromatic nitrogens is 3. The van der Waals surface area contributed by atoms with Crippen LogP contribution >= 0.6 is 0 Å². The van der Waals surface area contributed by atoms with E-state index < -0.39 is 0 Å². The van der Waals surface area contributed by atoms with Crippen LogP contribution in [0.15, 0.2) is 30.6 Å². The molecule has 2 rings (SSSR count). The molecule has 1 aromatic carbocycles. The van der Waals surface area contributed by atoms with Crippen molar-refractivity contribution in [1.82, 2.24) is 20.1 Å². The summed E-state index contributed by atoms with van der Waals surface area (Å²) in [6.45, 7) is 2.89. The van der Waals surface area contributed by atoms with Gasteiger partial charge in [-0.1, -0.05) is 25.1 Å². The van der Waals surface area contributed by atoms with Crippen LogP contribution in [0.5, 0.6) is 0 Å². The Morgan fingerprint density at radius 1 is 1.32 bits per heavy atom. The molecule has 0 amide bonds. The number of likely N-dealkylation sites (N-methyl/N-ethyl adjacent to an activating group) is 1. The first kappa shape index (κ1) is 13.7. The minimum atomic E-state index is -0.150. The van der Waals surface area contributed by atoms with Gasteiger partial charge in [0.2, 0.25) is 0 Å². The molecule has 5 heteroatoms. The molecule has 1 aromatic heterocycles. The maximum Gasteiger partial charge on any atom is 0.138 e. The SMILES string of the molecule is CCNC(Cc1ccccc1F)Cc1ncnn1C. The van der Waals surface area contributed by atoms with E-state index in [1.807, 2.05) is 26.1 Å². The first-order valence-electron chi connectivity index (χ1n) is 6.50. The Kier molecular flexibility index (Phi) is 4.63. The van der Waals surface area contributed by atoms with Crippen LogP contribution in [0, 0.1) is 5.82 Å². The van der Waals surface area contributed by atoms with Crippen molar-refractivity contribution in [3.05, 3.63) is 47.8 Å². The molecule has 0 aliphatic heterocycles. The third-order valence-corrected chi connectivity index (χ3v) is 3.15. The molecule has 19 heavy (non-hydrogen) atoms. The fraction of sp³-hybridized carbons (Fsp3) is 0.429. The molecule has 1 N–H and O–H groups in total. The van der Waals surface area contributed by atoms with E-state index in [0.717, 1.165) is 24.4 Å². The third kappa shape index (κ3) is 3.61. The second-order valence-corrected chi connectivity index (χ2v) is 4.55. The molecule has 102 valence electrons. The highest BCUT2D eigenvalue weighted by atomic mass is 19.1. The topological polar surface area (TPSA) is 42.7 Å². The van der Waals surface area contributed by atoms with Crippen molar-refractivity contribution in [2.24, 2.45) is 7.05 Å². The summed E-state index contributed by atoms with van der Waals surface area (Å²) in [4.78, 5) is 4.22. The summed E-state index contributed by atoms with van der Waals surface area (Å²) < 4.78 is 15.4. The molecule has 0 aliphatic rings. The zero-order valence-electron chi connectivity index (χ0n) is 11.3. The van der Waals surface area contributed by atoms with E-state index in [4.69, 9.17) is 0 Å². The highest BCUT2D eigenvalue weighted by Gasteiger charge is 2.14. The van der Waals surface area contributed by atoms with Crippen molar-refractivity contribution in [3.8, 4) is 0 Å². The molecule has 0 spiro atoms. The van der Waals surface area contributed by atoms with E-state index in [1.54, 1.807) is 17.1 Å². The highest BCUT2D eigenvalue weighted by Crippen LogP contribution is 2.11. The van der Waals surface area contributed by atoms with Gasteiger partial charge in [-0.2, -0.15) is 5.10 Å². The predicted molar refractivity (Wildman–Crippen MR) is 72.3 cm³/mol. The van der Waals surface area contributed by atoms with Gasteiger partial charge >= 0.3 is 0 Å². The first-order chi connectivity index (χ1) is 9.20. The lowest BCUT2D eigenvalue weighted by atomic mass is 10.0. The monoisotopic (exact) mass is 262 g/mol. The van der Waals surface area contributed by atoms with Crippen LogP contribution < -0.4 is 5.32 Å². The largest absolute Gasteiger partial charge is 0.313 e. The Bertz CT molecular complexity index is 524. The Labute approximate surface area is 112 Å². The van der Waals surface area contributed by atoms with Crippen molar-refractivity contribution in [3.63, 3.8) is 0 Å². The van der Waals surface area contributed by atoms with Gasteiger partial charge in [0, 0.05) is 19.5 Å². The minimum Gasteiger partial charge on any atom is -0.313 e. The molecular formula is C14H19FN4. The number of rotatable bonds is 6. The van der Waals surface area contributed by atoms with Crippen molar-refractivity contribution in [2.75, 3.05) is 6.54 Å². The fourth-order valence-electron chi connectivity index (χ4n) is 2.16. The van der Waals surface area contributed by atoms with Crippen LogP contribution in [0.1, 0.15) is 18.3 Å². The normalized spacial score (nSPS) is 12.6. The molecule has 1 atom stereocenters. The molecule has 0 fully saturated rings. The van der Waals surface area contributed by atoms with Gasteiger partial charge in [0.25, 0.3) is 0 Å². The molecular weight excluding hydrogens is 243 g/mol. The lowest BCUT2D eigenvalue weighted by Gasteiger charge is -2.17. The zero-order chi connectivity index (χ0) is 13.7. The summed E-state index contributed by atoms with van der Waals surface area (Å²) in [5, 5.41) is 7.43. The molecule has 1 heterocycles. The van der Waals surface area contributed by atoms with Crippen LogP contribution in [0.2, 0.25) is 0 Å². The molecule has 0 saturated carbocycles. The van der Waals surface area contributed by atoms with Crippen LogP contribution in [0.25, 0.3) is 0 Å². The summed E-state index contributed by atoms with van der Waals surface area (Å²) >= 11 is 0. The number of halogens is 1. The second-order valence-electron chi connectivity index (χ2n) is 4.55. The Morgan fingerprint density at radius 3 is 2.74 bits per heavy atom. The minimum absolute atomic E-state index is 0.150. The van der Waals surface area contributed by atoms with Gasteiger partial charge in [-0.3, -0.25) is 4.68 Å². The first-order valence-corrected chi connectivity index (χ1v) is 6.50. The second kappa shape index (κ2) is 6.43. The van der Waals surface area contributed by atoms with Gasteiger partial charge < -0.3 is 5.32 Å². The molecule has 2 aromatic rings. The van der Waals surface area contributed by atoms with Crippen molar-refractivity contribution < 1.29 is 4.39 Å². The van der Waals surface area contributed by atoms with E-state index in [-0.39, 0.29) is 11.9 Å². The van der Waals surface area contributed by atoms with Crippen LogP contribution in [0.3, 0.4) is 0 Å². The van der Waals surface area contributed by atoms with E-state index in [0.29, 0.717) is 6.42 Å². The predicted octanol–water partition coefficient (Wildman–Crippen LogP) is 1.72. The number of aryl methyl sites for hydroxylation is 1. The van der Waals surface area contributed by atoms with Gasteiger partial charge in [-0.05, 0) is 24.6 Å². The fourth-order valence-corrected chi connectivity index (χ4v) is 2.16. The van der Waals surface area contributed by atoms with Gasteiger partial charge in [0.15, 0.2) is 0 Å². The Morgan fingerprint density at radius 2 is 2.11 bits per heavy atom. The highest BCUT2D eigenvalue weighted by molar-refractivity contribution is 5.18. The van der Waals surface area contributed by atoms with Crippen LogP contribution in [-0.4, -0.2) is 27.4 Å². The van der Waals surface area contributed by atoms with Crippen LogP contribution in [-0.2, 0) is 19.9 Å². The summed E-state index contributed by atoms with van der Waals surface area (Å²) in [6, 6.07) is 7.06. The van der Waals surface area contributed by atoms with E-state index >= 15 is 0 Å². The van der Waals surface area contributed by atoms with Crippen molar-refractivity contribution in [2.45, 2.75) is 25.8 Å². The van der Waals surface area contributed by atoms with Gasteiger partial charge in [-0.15, -0.1) is 0 Å².